The third kappa shape index (κ3) is 4.42. The molecule has 1 N–H and O–H groups in total. The maximum Gasteiger partial charge on any atom is 0.338 e. The molecule has 0 spiro atoms. The van der Waals surface area contributed by atoms with E-state index in [1.807, 2.05) is 43.3 Å². The number of fused-ring (bicyclic) bond motifs is 1. The number of hydrogen-bond donors (Lipinski definition) is 1. The molecule has 0 saturated carbocycles. The number of ether oxygens (including phenoxy) is 2. The van der Waals surface area contributed by atoms with E-state index in [2.05, 4.69) is 16.3 Å². The van der Waals surface area contributed by atoms with Crippen LogP contribution in [-0.2, 0) is 14.3 Å². The van der Waals surface area contributed by atoms with Crippen LogP contribution >= 0.6 is 0 Å². The Bertz CT molecular complexity index is 961. The van der Waals surface area contributed by atoms with E-state index in [4.69, 9.17) is 9.47 Å². The summed E-state index contributed by atoms with van der Waals surface area (Å²) in [5.41, 5.74) is 4.10. The second-order valence-electron chi connectivity index (χ2n) is 7.31. The number of hydrogen-bond acceptors (Lipinski definition) is 5. The van der Waals surface area contributed by atoms with Crippen molar-refractivity contribution in [2.24, 2.45) is 0 Å². The van der Waals surface area contributed by atoms with Gasteiger partial charge in [-0.3, -0.25) is 4.79 Å². The van der Waals surface area contributed by atoms with Crippen molar-refractivity contribution >= 4 is 29.3 Å². The highest BCUT2D eigenvalue weighted by atomic mass is 16.5. The highest BCUT2D eigenvalue weighted by molar-refractivity contribution is 5.98. The SMILES string of the molecule is Cc1cc(N2CCCC2)ccc1NC(=O)COC(=O)C1=Cc2ccccc2OC1. The molecule has 1 fully saturated rings. The molecular formula is C23H24N2O4. The Hall–Kier alpha value is -3.28. The molecule has 6 nitrogen and oxygen atoms in total. The van der Waals surface area contributed by atoms with E-state index in [0.717, 1.165) is 35.7 Å². The number of carbonyl (C=O) groups excluding carboxylic acids is 2. The molecule has 2 aromatic rings. The molecule has 2 aliphatic heterocycles. The molecule has 0 radical (unpaired) electrons. The standard InChI is InChI=1S/C23H24N2O4/c1-16-12-19(25-10-4-5-11-25)8-9-20(16)24-22(26)15-29-23(27)18-13-17-6-2-3-7-21(17)28-14-18/h2-3,6-9,12-13H,4-5,10-11,14-15H2,1H3,(H,24,26). The third-order valence-electron chi connectivity index (χ3n) is 5.18. The summed E-state index contributed by atoms with van der Waals surface area (Å²) in [4.78, 5) is 26.9. The molecule has 0 aromatic heterocycles. The van der Waals surface area contributed by atoms with Gasteiger partial charge in [-0.25, -0.2) is 4.79 Å². The number of para-hydroxylation sites is 1. The minimum atomic E-state index is -0.546. The lowest BCUT2D eigenvalue weighted by Crippen LogP contribution is -2.24. The largest absolute Gasteiger partial charge is 0.488 e. The van der Waals surface area contributed by atoms with Crippen LogP contribution in [0.3, 0.4) is 0 Å². The van der Waals surface area contributed by atoms with Gasteiger partial charge in [-0.05, 0) is 55.7 Å². The van der Waals surface area contributed by atoms with Crippen molar-refractivity contribution in [1.29, 1.82) is 0 Å². The number of esters is 1. The van der Waals surface area contributed by atoms with Crippen molar-refractivity contribution < 1.29 is 19.1 Å². The Kier molecular flexibility index (Phi) is 5.51. The summed E-state index contributed by atoms with van der Waals surface area (Å²) >= 11 is 0. The van der Waals surface area contributed by atoms with Gasteiger partial charge in [0.15, 0.2) is 6.61 Å². The van der Waals surface area contributed by atoms with Crippen molar-refractivity contribution in [2.45, 2.75) is 19.8 Å². The molecule has 4 rings (SSSR count). The first-order chi connectivity index (χ1) is 14.1. The summed E-state index contributed by atoms with van der Waals surface area (Å²) in [7, 11) is 0. The lowest BCUT2D eigenvalue weighted by molar-refractivity contribution is -0.143. The Labute approximate surface area is 170 Å². The first-order valence-corrected chi connectivity index (χ1v) is 9.85. The van der Waals surface area contributed by atoms with Gasteiger partial charge in [0.2, 0.25) is 0 Å². The summed E-state index contributed by atoms with van der Waals surface area (Å²) in [5, 5.41) is 2.82. The molecule has 1 saturated heterocycles. The second-order valence-corrected chi connectivity index (χ2v) is 7.31. The Balaban J connectivity index is 1.32. The monoisotopic (exact) mass is 392 g/mol. The quantitative estimate of drug-likeness (QED) is 0.788. The number of rotatable bonds is 5. The second kappa shape index (κ2) is 8.39. The molecule has 0 unspecified atom stereocenters. The topological polar surface area (TPSA) is 67.9 Å². The summed E-state index contributed by atoms with van der Waals surface area (Å²) in [6.45, 7) is 3.90. The molecule has 6 heteroatoms. The van der Waals surface area contributed by atoms with Crippen molar-refractivity contribution in [3.05, 3.63) is 59.2 Å². The minimum Gasteiger partial charge on any atom is -0.488 e. The van der Waals surface area contributed by atoms with E-state index < -0.39 is 5.97 Å². The number of nitrogens with one attached hydrogen (secondary N) is 1. The van der Waals surface area contributed by atoms with E-state index in [1.165, 1.54) is 18.5 Å². The van der Waals surface area contributed by atoms with Gasteiger partial charge in [0.1, 0.15) is 12.4 Å². The lowest BCUT2D eigenvalue weighted by Gasteiger charge is -2.19. The molecule has 29 heavy (non-hydrogen) atoms. The van der Waals surface area contributed by atoms with E-state index in [9.17, 15) is 9.59 Å². The third-order valence-corrected chi connectivity index (χ3v) is 5.18. The molecule has 0 bridgehead atoms. The van der Waals surface area contributed by atoms with Gasteiger partial charge in [0, 0.05) is 30.0 Å². The minimum absolute atomic E-state index is 0.133. The van der Waals surface area contributed by atoms with Crippen LogP contribution < -0.4 is 15.0 Å². The molecule has 2 aliphatic rings. The number of carbonyl (C=O) groups is 2. The highest BCUT2D eigenvalue weighted by Crippen LogP contribution is 2.27. The van der Waals surface area contributed by atoms with E-state index in [-0.39, 0.29) is 19.1 Å². The Morgan fingerprint density at radius 1 is 1.14 bits per heavy atom. The molecule has 2 aromatic carbocycles. The summed E-state index contributed by atoms with van der Waals surface area (Å²) in [5.74, 6) is -0.182. The first kappa shape index (κ1) is 19.1. The van der Waals surface area contributed by atoms with Gasteiger partial charge in [-0.1, -0.05) is 18.2 Å². The smallest absolute Gasteiger partial charge is 0.338 e. The molecule has 2 heterocycles. The fourth-order valence-electron chi connectivity index (χ4n) is 3.60. The molecule has 150 valence electrons. The average Bonchev–Trinajstić information content (AvgIpc) is 3.28. The van der Waals surface area contributed by atoms with Crippen molar-refractivity contribution in [3.8, 4) is 5.75 Å². The van der Waals surface area contributed by atoms with Gasteiger partial charge in [-0.2, -0.15) is 0 Å². The van der Waals surface area contributed by atoms with Gasteiger partial charge in [-0.15, -0.1) is 0 Å². The molecule has 0 aliphatic carbocycles. The van der Waals surface area contributed by atoms with Crippen LogP contribution in [0.4, 0.5) is 11.4 Å². The maximum absolute atomic E-state index is 12.3. The highest BCUT2D eigenvalue weighted by Gasteiger charge is 2.19. The number of benzene rings is 2. The predicted octanol–water partition coefficient (Wildman–Crippen LogP) is 3.55. The fourth-order valence-corrected chi connectivity index (χ4v) is 3.60. The lowest BCUT2D eigenvalue weighted by atomic mass is 10.1. The number of amides is 1. The number of aryl methyl sites for hydroxylation is 1. The van der Waals surface area contributed by atoms with Crippen LogP contribution in [-0.4, -0.2) is 38.2 Å². The van der Waals surface area contributed by atoms with Crippen LogP contribution in [0.2, 0.25) is 0 Å². The van der Waals surface area contributed by atoms with Crippen LogP contribution in [0, 0.1) is 6.92 Å². The number of nitrogens with zero attached hydrogens (tertiary/aromatic N) is 1. The van der Waals surface area contributed by atoms with Gasteiger partial charge >= 0.3 is 5.97 Å². The van der Waals surface area contributed by atoms with Gasteiger partial charge in [0.05, 0.1) is 5.57 Å². The zero-order valence-corrected chi connectivity index (χ0v) is 16.4. The summed E-state index contributed by atoms with van der Waals surface area (Å²) < 4.78 is 10.7. The zero-order chi connectivity index (χ0) is 20.2. The number of anilines is 2. The molecule has 1 amide bonds. The van der Waals surface area contributed by atoms with Crippen molar-refractivity contribution in [1.82, 2.24) is 0 Å². The average molecular weight is 392 g/mol. The van der Waals surface area contributed by atoms with E-state index in [1.54, 1.807) is 6.08 Å². The maximum atomic E-state index is 12.3. The van der Waals surface area contributed by atoms with Crippen molar-refractivity contribution in [3.63, 3.8) is 0 Å². The van der Waals surface area contributed by atoms with Crippen LogP contribution in [0.15, 0.2) is 48.0 Å². The molecular weight excluding hydrogens is 368 g/mol. The summed E-state index contributed by atoms with van der Waals surface area (Å²) in [6.07, 6.45) is 4.17. The predicted molar refractivity (Wildman–Crippen MR) is 112 cm³/mol. The van der Waals surface area contributed by atoms with Crippen molar-refractivity contribution in [2.75, 3.05) is 36.5 Å². The summed E-state index contributed by atoms with van der Waals surface area (Å²) in [6, 6.07) is 13.5. The fraction of sp³-hybridized carbons (Fsp3) is 0.304. The molecule has 0 atom stereocenters. The normalized spacial score (nSPS) is 15.2. The van der Waals surface area contributed by atoms with Crippen LogP contribution in [0.25, 0.3) is 6.08 Å². The van der Waals surface area contributed by atoms with Crippen LogP contribution in [0.5, 0.6) is 5.75 Å². The zero-order valence-electron chi connectivity index (χ0n) is 16.4. The van der Waals surface area contributed by atoms with Gasteiger partial charge < -0.3 is 19.7 Å². The van der Waals surface area contributed by atoms with Crippen LogP contribution in [0.1, 0.15) is 24.0 Å². The van der Waals surface area contributed by atoms with Gasteiger partial charge in [0.25, 0.3) is 5.91 Å². The van der Waals surface area contributed by atoms with E-state index >= 15 is 0 Å². The van der Waals surface area contributed by atoms with E-state index in [0.29, 0.717) is 5.57 Å². The first-order valence-electron chi connectivity index (χ1n) is 9.85. The Morgan fingerprint density at radius 2 is 1.93 bits per heavy atom. The Morgan fingerprint density at radius 3 is 2.72 bits per heavy atom.